The molecule has 2 fully saturated rings. The lowest BCUT2D eigenvalue weighted by Crippen LogP contribution is -2.50. The van der Waals surface area contributed by atoms with Crippen molar-refractivity contribution in [3.8, 4) is 6.07 Å². The Hall–Kier alpha value is -4.36. The molecule has 2 aliphatic heterocycles. The van der Waals surface area contributed by atoms with Gasteiger partial charge in [-0.25, -0.2) is 9.78 Å². The molecular formula is C26H28N8O2. The van der Waals surface area contributed by atoms with Gasteiger partial charge >= 0.3 is 6.03 Å². The van der Waals surface area contributed by atoms with Gasteiger partial charge in [-0.1, -0.05) is 6.07 Å². The summed E-state index contributed by atoms with van der Waals surface area (Å²) in [6.45, 7) is 5.79. The second kappa shape index (κ2) is 10.9. The molecule has 0 aliphatic carbocycles. The number of nitriles is 1. The smallest absolute Gasteiger partial charge is 0.321 e. The largest absolute Gasteiger partial charge is 0.378 e. The van der Waals surface area contributed by atoms with Gasteiger partial charge in [0, 0.05) is 62.5 Å². The Bertz CT molecular complexity index is 1230. The summed E-state index contributed by atoms with van der Waals surface area (Å²) in [4.78, 5) is 28.0. The van der Waals surface area contributed by atoms with Crippen LogP contribution in [0.15, 0.2) is 60.8 Å². The van der Waals surface area contributed by atoms with E-state index in [1.807, 2.05) is 18.2 Å². The summed E-state index contributed by atoms with van der Waals surface area (Å²) >= 11 is 0. The molecule has 10 heteroatoms. The fraction of sp³-hybridized carbons (Fsp3) is 0.308. The number of nitrogens with zero attached hydrogens (tertiary/aromatic N) is 6. The first kappa shape index (κ1) is 23.4. The summed E-state index contributed by atoms with van der Waals surface area (Å²) < 4.78 is 5.43. The minimum Gasteiger partial charge on any atom is -0.378 e. The van der Waals surface area contributed by atoms with Gasteiger partial charge < -0.3 is 30.1 Å². The number of carbonyl (C=O) groups is 1. The molecule has 1 aromatic heterocycles. The highest BCUT2D eigenvalue weighted by atomic mass is 16.5. The van der Waals surface area contributed by atoms with Crippen LogP contribution in [-0.2, 0) is 4.74 Å². The van der Waals surface area contributed by atoms with Crippen molar-refractivity contribution in [1.29, 1.82) is 5.26 Å². The number of aromatic nitrogens is 2. The third-order valence-corrected chi connectivity index (χ3v) is 6.27. The van der Waals surface area contributed by atoms with Crippen molar-refractivity contribution in [2.24, 2.45) is 0 Å². The van der Waals surface area contributed by atoms with E-state index in [1.54, 1.807) is 35.4 Å². The first-order chi connectivity index (χ1) is 17.7. The zero-order valence-electron chi connectivity index (χ0n) is 19.9. The Morgan fingerprint density at radius 2 is 1.69 bits per heavy atom. The molecule has 10 nitrogen and oxygen atoms in total. The molecule has 2 amide bonds. The molecule has 184 valence electrons. The number of ether oxygens (including phenoxy) is 1. The van der Waals surface area contributed by atoms with Crippen LogP contribution >= 0.6 is 0 Å². The number of carbonyl (C=O) groups excluding carboxylic acids is 1. The topological polar surface area (TPSA) is 110 Å². The number of piperazine rings is 1. The second-order valence-corrected chi connectivity index (χ2v) is 8.61. The van der Waals surface area contributed by atoms with Crippen molar-refractivity contribution >= 4 is 34.9 Å². The first-order valence-corrected chi connectivity index (χ1v) is 12.0. The number of benzene rings is 2. The number of morpholine rings is 1. The number of amides is 2. The fourth-order valence-corrected chi connectivity index (χ4v) is 4.30. The molecule has 0 saturated carbocycles. The Morgan fingerprint density at radius 3 is 2.44 bits per heavy atom. The van der Waals surface area contributed by atoms with Gasteiger partial charge in [0.05, 0.1) is 24.8 Å². The Morgan fingerprint density at radius 1 is 0.917 bits per heavy atom. The van der Waals surface area contributed by atoms with Crippen LogP contribution in [0, 0.1) is 11.3 Å². The van der Waals surface area contributed by atoms with E-state index in [4.69, 9.17) is 10.00 Å². The average Bonchev–Trinajstić information content (AvgIpc) is 2.94. The first-order valence-electron chi connectivity index (χ1n) is 12.0. The lowest BCUT2D eigenvalue weighted by molar-refractivity contribution is 0.122. The molecular weight excluding hydrogens is 456 g/mol. The number of urea groups is 1. The number of nitrogens with one attached hydrogen (secondary N) is 2. The molecule has 5 rings (SSSR count). The van der Waals surface area contributed by atoms with Crippen LogP contribution in [0.2, 0.25) is 0 Å². The van der Waals surface area contributed by atoms with Crippen molar-refractivity contribution in [3.05, 3.63) is 66.4 Å². The van der Waals surface area contributed by atoms with Crippen LogP contribution in [0.5, 0.6) is 0 Å². The van der Waals surface area contributed by atoms with Gasteiger partial charge in [-0.3, -0.25) is 0 Å². The summed E-state index contributed by atoms with van der Waals surface area (Å²) in [7, 11) is 0. The molecule has 0 radical (unpaired) electrons. The summed E-state index contributed by atoms with van der Waals surface area (Å²) in [5, 5.41) is 15.2. The van der Waals surface area contributed by atoms with E-state index in [0.717, 1.165) is 37.8 Å². The minimum atomic E-state index is -0.171. The molecule has 2 aromatic carbocycles. The van der Waals surface area contributed by atoms with Crippen LogP contribution in [0.4, 0.5) is 33.6 Å². The molecule has 0 spiro atoms. The van der Waals surface area contributed by atoms with E-state index >= 15 is 0 Å². The van der Waals surface area contributed by atoms with E-state index < -0.39 is 0 Å². The number of hydrogen-bond donors (Lipinski definition) is 2. The molecule has 2 N–H and O–H groups in total. The summed E-state index contributed by atoms with van der Waals surface area (Å²) in [5.74, 6) is 1.35. The predicted octanol–water partition coefficient (Wildman–Crippen LogP) is 3.28. The maximum atomic E-state index is 12.7. The van der Waals surface area contributed by atoms with Gasteiger partial charge in [0.2, 0.25) is 5.95 Å². The molecule has 0 atom stereocenters. The fourth-order valence-electron chi connectivity index (χ4n) is 4.30. The molecule has 3 aromatic rings. The van der Waals surface area contributed by atoms with Crippen LogP contribution in [0.1, 0.15) is 5.56 Å². The Balaban J connectivity index is 1.15. The van der Waals surface area contributed by atoms with E-state index in [-0.39, 0.29) is 6.03 Å². The maximum absolute atomic E-state index is 12.7. The third kappa shape index (κ3) is 5.64. The molecule has 2 aliphatic rings. The number of rotatable bonds is 5. The second-order valence-electron chi connectivity index (χ2n) is 8.61. The third-order valence-electron chi connectivity index (χ3n) is 6.27. The van der Waals surface area contributed by atoms with Gasteiger partial charge in [-0.05, 0) is 48.5 Å². The van der Waals surface area contributed by atoms with Gasteiger partial charge in [-0.15, -0.1) is 0 Å². The van der Waals surface area contributed by atoms with E-state index in [2.05, 4.69) is 48.6 Å². The van der Waals surface area contributed by atoms with Crippen LogP contribution in [0.25, 0.3) is 0 Å². The Labute approximate surface area is 210 Å². The van der Waals surface area contributed by atoms with Crippen molar-refractivity contribution in [1.82, 2.24) is 14.9 Å². The molecule has 3 heterocycles. The van der Waals surface area contributed by atoms with Crippen molar-refractivity contribution in [2.45, 2.75) is 0 Å². The predicted molar refractivity (Wildman–Crippen MR) is 139 cm³/mol. The van der Waals surface area contributed by atoms with Crippen molar-refractivity contribution in [3.63, 3.8) is 0 Å². The van der Waals surface area contributed by atoms with Crippen molar-refractivity contribution < 1.29 is 9.53 Å². The molecule has 2 saturated heterocycles. The Kier molecular flexibility index (Phi) is 7.10. The zero-order valence-corrected chi connectivity index (χ0v) is 19.9. The van der Waals surface area contributed by atoms with Gasteiger partial charge in [0.25, 0.3) is 0 Å². The standard InChI is InChI=1S/C26H28N8O2/c27-19-20-2-1-3-22(18-20)30-26(35)34-12-10-33(11-13-34)24-8-9-28-25(31-24)29-21-4-6-23(7-5-21)32-14-16-36-17-15-32/h1-9,18H,10-17H2,(H,30,35)(H,28,29,31). The van der Waals surface area contributed by atoms with Gasteiger partial charge in [-0.2, -0.15) is 10.2 Å². The van der Waals surface area contributed by atoms with Gasteiger partial charge in [0.15, 0.2) is 0 Å². The normalized spacial score (nSPS) is 15.8. The van der Waals surface area contributed by atoms with Crippen LogP contribution in [-0.4, -0.2) is 73.4 Å². The lowest BCUT2D eigenvalue weighted by Gasteiger charge is -2.35. The van der Waals surface area contributed by atoms with Crippen LogP contribution in [0.3, 0.4) is 0 Å². The highest BCUT2D eigenvalue weighted by Crippen LogP contribution is 2.22. The highest BCUT2D eigenvalue weighted by Gasteiger charge is 2.22. The molecule has 0 bridgehead atoms. The van der Waals surface area contributed by atoms with E-state index in [1.165, 1.54) is 5.69 Å². The summed E-state index contributed by atoms with van der Waals surface area (Å²) in [6.07, 6.45) is 1.74. The zero-order chi connectivity index (χ0) is 24.7. The maximum Gasteiger partial charge on any atom is 0.321 e. The summed E-state index contributed by atoms with van der Waals surface area (Å²) in [6, 6.07) is 19.0. The van der Waals surface area contributed by atoms with E-state index in [9.17, 15) is 4.79 Å². The molecule has 0 unspecified atom stereocenters. The highest BCUT2D eigenvalue weighted by molar-refractivity contribution is 5.89. The average molecular weight is 485 g/mol. The van der Waals surface area contributed by atoms with Crippen molar-refractivity contribution in [2.75, 3.05) is 72.9 Å². The molecule has 36 heavy (non-hydrogen) atoms. The van der Waals surface area contributed by atoms with Crippen LogP contribution < -0.4 is 20.4 Å². The minimum absolute atomic E-state index is 0.171. The SMILES string of the molecule is N#Cc1cccc(NC(=O)N2CCN(c3ccnc(Nc4ccc(N5CCOCC5)cc4)n3)CC2)c1. The number of anilines is 5. The lowest BCUT2D eigenvalue weighted by atomic mass is 10.2. The quantitative estimate of drug-likeness (QED) is 0.568. The monoisotopic (exact) mass is 484 g/mol. The summed E-state index contributed by atoms with van der Waals surface area (Å²) in [5.41, 5.74) is 3.23. The van der Waals surface area contributed by atoms with E-state index in [0.29, 0.717) is 43.4 Å². The number of hydrogen-bond acceptors (Lipinski definition) is 8. The van der Waals surface area contributed by atoms with Gasteiger partial charge in [0.1, 0.15) is 5.82 Å².